The number of rotatable bonds is 5. The number of nitrogens with zero attached hydrogens (tertiary/aromatic N) is 2. The molecular formula is C21H26FN3O. The average molecular weight is 355 g/mol. The van der Waals surface area contributed by atoms with Gasteiger partial charge in [0.15, 0.2) is 0 Å². The van der Waals surface area contributed by atoms with Crippen molar-refractivity contribution in [2.75, 3.05) is 31.6 Å². The predicted molar refractivity (Wildman–Crippen MR) is 100 cm³/mol. The molecule has 2 fully saturated rings. The van der Waals surface area contributed by atoms with Crippen LogP contribution >= 0.6 is 0 Å². The Morgan fingerprint density at radius 3 is 3.00 bits per heavy atom. The van der Waals surface area contributed by atoms with Crippen LogP contribution in [0.1, 0.15) is 24.8 Å². The van der Waals surface area contributed by atoms with Crippen LogP contribution in [0.25, 0.3) is 0 Å². The van der Waals surface area contributed by atoms with Crippen LogP contribution in [0.5, 0.6) is 0 Å². The van der Waals surface area contributed by atoms with Gasteiger partial charge in [0.1, 0.15) is 5.82 Å². The van der Waals surface area contributed by atoms with Gasteiger partial charge in [-0.15, -0.1) is 0 Å². The van der Waals surface area contributed by atoms with Crippen molar-refractivity contribution in [1.82, 2.24) is 9.88 Å². The minimum Gasteiger partial charge on any atom is -0.385 e. The van der Waals surface area contributed by atoms with Gasteiger partial charge in [0.25, 0.3) is 0 Å². The van der Waals surface area contributed by atoms with E-state index in [9.17, 15) is 4.39 Å². The van der Waals surface area contributed by atoms with Crippen molar-refractivity contribution < 1.29 is 9.13 Å². The van der Waals surface area contributed by atoms with Crippen LogP contribution in [0.15, 0.2) is 48.8 Å². The van der Waals surface area contributed by atoms with Crippen molar-refractivity contribution in [3.05, 3.63) is 60.2 Å². The number of hydrogen-bond acceptors (Lipinski definition) is 4. The molecule has 0 aliphatic carbocycles. The highest BCUT2D eigenvalue weighted by atomic mass is 19.1. The number of hydrogen-bond donors (Lipinski definition) is 1. The van der Waals surface area contributed by atoms with Crippen LogP contribution < -0.4 is 5.32 Å². The Labute approximate surface area is 154 Å². The maximum Gasteiger partial charge on any atom is 0.123 e. The minimum absolute atomic E-state index is 0.0316. The highest BCUT2D eigenvalue weighted by molar-refractivity contribution is 5.40. The molecule has 26 heavy (non-hydrogen) atoms. The SMILES string of the molecule is Fc1cccc(CN2CCC[C@@]3(C[C@@H](CNc4ccncc4)CO3)C2)c1. The average Bonchev–Trinajstić information content (AvgIpc) is 3.03. The lowest BCUT2D eigenvalue weighted by Gasteiger charge is -2.40. The molecule has 0 unspecified atom stereocenters. The maximum atomic E-state index is 13.4. The van der Waals surface area contributed by atoms with Crippen molar-refractivity contribution in [2.45, 2.75) is 31.4 Å². The smallest absolute Gasteiger partial charge is 0.123 e. The molecule has 0 saturated carbocycles. The summed E-state index contributed by atoms with van der Waals surface area (Å²) < 4.78 is 19.7. The second-order valence-corrected chi connectivity index (χ2v) is 7.63. The molecule has 2 aromatic rings. The second-order valence-electron chi connectivity index (χ2n) is 7.63. The summed E-state index contributed by atoms with van der Waals surface area (Å²) in [7, 11) is 0. The summed E-state index contributed by atoms with van der Waals surface area (Å²) in [5.74, 6) is 0.367. The number of nitrogens with one attached hydrogen (secondary N) is 1. The Morgan fingerprint density at radius 1 is 1.27 bits per heavy atom. The maximum absolute atomic E-state index is 13.4. The molecule has 1 aromatic heterocycles. The Morgan fingerprint density at radius 2 is 2.15 bits per heavy atom. The van der Waals surface area contributed by atoms with E-state index in [-0.39, 0.29) is 11.4 Å². The Bertz CT molecular complexity index is 726. The van der Waals surface area contributed by atoms with Gasteiger partial charge >= 0.3 is 0 Å². The molecule has 2 aliphatic heterocycles. The Balaban J connectivity index is 1.32. The lowest BCUT2D eigenvalue weighted by molar-refractivity contribution is -0.0535. The number of halogens is 1. The Kier molecular flexibility index (Phi) is 5.18. The van der Waals surface area contributed by atoms with E-state index in [1.165, 1.54) is 6.07 Å². The first-order chi connectivity index (χ1) is 12.7. The molecular weight excluding hydrogens is 329 g/mol. The lowest BCUT2D eigenvalue weighted by Crippen LogP contribution is -2.47. The van der Waals surface area contributed by atoms with E-state index in [1.807, 2.05) is 18.2 Å². The van der Waals surface area contributed by atoms with E-state index in [1.54, 1.807) is 24.5 Å². The molecule has 2 aliphatic rings. The van der Waals surface area contributed by atoms with Crippen molar-refractivity contribution in [2.24, 2.45) is 5.92 Å². The van der Waals surface area contributed by atoms with Crippen LogP contribution in [0.3, 0.4) is 0 Å². The summed E-state index contributed by atoms with van der Waals surface area (Å²) in [4.78, 5) is 6.46. The summed E-state index contributed by atoms with van der Waals surface area (Å²) in [5.41, 5.74) is 2.11. The van der Waals surface area contributed by atoms with E-state index in [0.717, 1.165) is 63.3 Å². The number of piperidine rings is 1. The zero-order chi connectivity index (χ0) is 17.8. The highest BCUT2D eigenvalue weighted by Crippen LogP contribution is 2.38. The van der Waals surface area contributed by atoms with Crippen LogP contribution in [0, 0.1) is 11.7 Å². The van der Waals surface area contributed by atoms with Gasteiger partial charge in [-0.3, -0.25) is 9.88 Å². The van der Waals surface area contributed by atoms with Gasteiger partial charge in [-0.25, -0.2) is 4.39 Å². The van der Waals surface area contributed by atoms with Crippen molar-refractivity contribution in [1.29, 1.82) is 0 Å². The van der Waals surface area contributed by atoms with E-state index >= 15 is 0 Å². The predicted octanol–water partition coefficient (Wildman–Crippen LogP) is 3.70. The number of ether oxygens (including phenoxy) is 1. The van der Waals surface area contributed by atoms with Gasteiger partial charge in [0, 0.05) is 43.6 Å². The zero-order valence-electron chi connectivity index (χ0n) is 15.0. The number of anilines is 1. The first-order valence-corrected chi connectivity index (χ1v) is 9.45. The molecule has 138 valence electrons. The number of aromatic nitrogens is 1. The summed E-state index contributed by atoms with van der Waals surface area (Å²) in [6.45, 7) is 4.53. The molecule has 0 radical (unpaired) electrons. The standard InChI is InChI=1S/C21H26FN3O/c22-19-4-1-3-17(11-19)14-25-10-2-7-21(16-25)12-18(15-26-21)13-24-20-5-8-23-9-6-20/h1,3-6,8-9,11,18H,2,7,10,12-16H2,(H,23,24)/t18-,21+/m0/s1. The largest absolute Gasteiger partial charge is 0.385 e. The highest BCUT2D eigenvalue weighted by Gasteiger charge is 2.43. The molecule has 4 rings (SSSR count). The normalized spacial score (nSPS) is 26.3. The van der Waals surface area contributed by atoms with E-state index in [4.69, 9.17) is 4.74 Å². The molecule has 0 amide bonds. The summed E-state index contributed by atoms with van der Waals surface area (Å²) >= 11 is 0. The topological polar surface area (TPSA) is 37.4 Å². The molecule has 1 N–H and O–H groups in total. The first kappa shape index (κ1) is 17.4. The fourth-order valence-electron chi connectivity index (χ4n) is 4.30. The van der Waals surface area contributed by atoms with E-state index < -0.39 is 0 Å². The van der Waals surface area contributed by atoms with Gasteiger partial charge in [0.2, 0.25) is 0 Å². The van der Waals surface area contributed by atoms with Crippen LogP contribution in [-0.4, -0.2) is 41.7 Å². The van der Waals surface area contributed by atoms with Crippen LogP contribution in [0.2, 0.25) is 0 Å². The molecule has 5 heteroatoms. The van der Waals surface area contributed by atoms with E-state index in [0.29, 0.717) is 5.92 Å². The fraction of sp³-hybridized carbons (Fsp3) is 0.476. The van der Waals surface area contributed by atoms with Gasteiger partial charge in [-0.2, -0.15) is 0 Å². The number of pyridine rings is 1. The quantitative estimate of drug-likeness (QED) is 0.887. The molecule has 4 nitrogen and oxygen atoms in total. The van der Waals surface area contributed by atoms with Crippen molar-refractivity contribution in [3.8, 4) is 0 Å². The summed E-state index contributed by atoms with van der Waals surface area (Å²) in [6, 6.07) is 10.9. The second kappa shape index (κ2) is 7.72. The summed E-state index contributed by atoms with van der Waals surface area (Å²) in [6.07, 6.45) is 6.96. The molecule has 2 saturated heterocycles. The monoisotopic (exact) mass is 355 g/mol. The van der Waals surface area contributed by atoms with Gasteiger partial charge in [-0.05, 0) is 55.6 Å². The van der Waals surface area contributed by atoms with Crippen molar-refractivity contribution in [3.63, 3.8) is 0 Å². The van der Waals surface area contributed by atoms with Gasteiger partial charge < -0.3 is 10.1 Å². The molecule has 1 spiro atoms. The third-order valence-electron chi connectivity index (χ3n) is 5.47. The summed E-state index contributed by atoms with van der Waals surface area (Å²) in [5, 5.41) is 3.49. The van der Waals surface area contributed by atoms with Crippen molar-refractivity contribution >= 4 is 5.69 Å². The molecule has 1 aromatic carbocycles. The molecule has 2 atom stereocenters. The Hall–Kier alpha value is -1.98. The molecule has 0 bridgehead atoms. The lowest BCUT2D eigenvalue weighted by atomic mass is 9.86. The zero-order valence-corrected chi connectivity index (χ0v) is 15.0. The number of likely N-dealkylation sites (tertiary alicyclic amines) is 1. The third-order valence-corrected chi connectivity index (χ3v) is 5.47. The fourth-order valence-corrected chi connectivity index (χ4v) is 4.30. The van der Waals surface area contributed by atoms with Gasteiger partial charge in [-0.1, -0.05) is 12.1 Å². The minimum atomic E-state index is -0.159. The third kappa shape index (κ3) is 4.22. The van der Waals surface area contributed by atoms with Gasteiger partial charge in [0.05, 0.1) is 12.2 Å². The first-order valence-electron chi connectivity index (χ1n) is 9.45. The molecule has 3 heterocycles. The van der Waals surface area contributed by atoms with Crippen LogP contribution in [0.4, 0.5) is 10.1 Å². The number of benzene rings is 1. The van der Waals surface area contributed by atoms with E-state index in [2.05, 4.69) is 15.2 Å². The van der Waals surface area contributed by atoms with Crippen LogP contribution in [-0.2, 0) is 11.3 Å².